The standard InChI is InChI=1S/C30H34N4O5/c1-18(31-2)29(35)33-22-10-19(16-37-3)9-20(11-22)17-39-28-14-25-24(13-27(28)38-4)30(36)34-23(15-32-25)12-21-7-5-6-8-26(21)34/h5-11,13-14,18,23,31-32H,12,15-17H2,1-4H3,(H,33,35). The van der Waals surface area contributed by atoms with Crippen molar-refractivity contribution in [2.24, 2.45) is 0 Å². The minimum Gasteiger partial charge on any atom is -0.493 e. The first-order valence-electron chi connectivity index (χ1n) is 13.0. The molecular weight excluding hydrogens is 496 g/mol. The monoisotopic (exact) mass is 530 g/mol. The van der Waals surface area contributed by atoms with Gasteiger partial charge >= 0.3 is 0 Å². The lowest BCUT2D eigenvalue weighted by Crippen LogP contribution is -2.39. The lowest BCUT2D eigenvalue weighted by Gasteiger charge is -2.22. The van der Waals surface area contributed by atoms with Gasteiger partial charge in [-0.2, -0.15) is 0 Å². The molecule has 39 heavy (non-hydrogen) atoms. The molecule has 3 N–H and O–H groups in total. The number of anilines is 3. The van der Waals surface area contributed by atoms with Crippen molar-refractivity contribution in [1.82, 2.24) is 5.32 Å². The van der Waals surface area contributed by atoms with Gasteiger partial charge in [-0.3, -0.25) is 9.59 Å². The highest BCUT2D eigenvalue weighted by atomic mass is 16.5. The van der Waals surface area contributed by atoms with Crippen molar-refractivity contribution in [3.8, 4) is 11.5 Å². The molecule has 9 nitrogen and oxygen atoms in total. The van der Waals surface area contributed by atoms with Crippen molar-refractivity contribution in [2.45, 2.75) is 38.6 Å². The Morgan fingerprint density at radius 3 is 2.59 bits per heavy atom. The van der Waals surface area contributed by atoms with E-state index < -0.39 is 0 Å². The van der Waals surface area contributed by atoms with Crippen LogP contribution < -0.4 is 30.3 Å². The van der Waals surface area contributed by atoms with Crippen LogP contribution in [0.2, 0.25) is 0 Å². The number of hydrogen-bond acceptors (Lipinski definition) is 7. The third-order valence-corrected chi connectivity index (χ3v) is 7.20. The van der Waals surface area contributed by atoms with Gasteiger partial charge in [-0.1, -0.05) is 18.2 Å². The van der Waals surface area contributed by atoms with Gasteiger partial charge < -0.3 is 35.1 Å². The number of carbonyl (C=O) groups excluding carboxylic acids is 2. The first kappa shape index (κ1) is 26.5. The van der Waals surface area contributed by atoms with E-state index >= 15 is 0 Å². The molecule has 0 radical (unpaired) electrons. The second-order valence-corrected chi connectivity index (χ2v) is 9.85. The van der Waals surface area contributed by atoms with Crippen molar-refractivity contribution in [3.05, 3.63) is 76.9 Å². The molecule has 0 saturated carbocycles. The molecule has 2 aliphatic heterocycles. The van der Waals surface area contributed by atoms with Crippen LogP contribution in [-0.2, 0) is 29.2 Å². The average molecular weight is 531 g/mol. The molecule has 9 heteroatoms. The van der Waals surface area contributed by atoms with Crippen molar-refractivity contribution in [3.63, 3.8) is 0 Å². The molecule has 0 spiro atoms. The van der Waals surface area contributed by atoms with Gasteiger partial charge in [0, 0.05) is 31.1 Å². The van der Waals surface area contributed by atoms with Crippen LogP contribution in [0.4, 0.5) is 17.1 Å². The zero-order valence-electron chi connectivity index (χ0n) is 22.7. The van der Waals surface area contributed by atoms with Gasteiger partial charge in [-0.25, -0.2) is 0 Å². The Balaban J connectivity index is 1.39. The van der Waals surface area contributed by atoms with Gasteiger partial charge in [-0.15, -0.1) is 0 Å². The Morgan fingerprint density at radius 1 is 1.08 bits per heavy atom. The smallest absolute Gasteiger partial charge is 0.260 e. The SMILES string of the molecule is CNC(C)C(=O)Nc1cc(COC)cc(COc2cc3c(cc2OC)C(=O)N2c4ccccc4CC2CN3)c1. The predicted molar refractivity (Wildman–Crippen MR) is 151 cm³/mol. The summed E-state index contributed by atoms with van der Waals surface area (Å²) in [6.45, 7) is 3.05. The Hall–Kier alpha value is -4.08. The summed E-state index contributed by atoms with van der Waals surface area (Å²) in [6.07, 6.45) is 0.813. The third-order valence-electron chi connectivity index (χ3n) is 7.20. The summed E-state index contributed by atoms with van der Waals surface area (Å²) in [5.74, 6) is 0.799. The molecular formula is C30H34N4O5. The van der Waals surface area contributed by atoms with Crippen LogP contribution in [0.3, 0.4) is 0 Å². The fourth-order valence-corrected chi connectivity index (χ4v) is 5.12. The largest absolute Gasteiger partial charge is 0.493 e. The summed E-state index contributed by atoms with van der Waals surface area (Å²) >= 11 is 0. The second-order valence-electron chi connectivity index (χ2n) is 9.85. The second kappa shape index (κ2) is 11.3. The van der Waals surface area contributed by atoms with Crippen LogP contribution in [0, 0.1) is 0 Å². The zero-order chi connectivity index (χ0) is 27.5. The summed E-state index contributed by atoms with van der Waals surface area (Å²) < 4.78 is 17.2. The number of amides is 2. The molecule has 0 bridgehead atoms. The molecule has 2 heterocycles. The highest BCUT2D eigenvalue weighted by Gasteiger charge is 2.37. The highest BCUT2D eigenvalue weighted by Crippen LogP contribution is 2.40. The van der Waals surface area contributed by atoms with Crippen molar-refractivity contribution in [2.75, 3.05) is 43.3 Å². The first-order chi connectivity index (χ1) is 18.9. The minimum absolute atomic E-state index is 0.0421. The molecule has 2 atom stereocenters. The van der Waals surface area contributed by atoms with E-state index in [1.807, 2.05) is 47.4 Å². The lowest BCUT2D eigenvalue weighted by molar-refractivity contribution is -0.117. The number of para-hydroxylation sites is 1. The van der Waals surface area contributed by atoms with Crippen LogP contribution in [0.25, 0.3) is 0 Å². The number of nitrogens with one attached hydrogen (secondary N) is 3. The maximum atomic E-state index is 13.7. The Morgan fingerprint density at radius 2 is 1.85 bits per heavy atom. The normalized spacial score (nSPS) is 16.4. The number of benzene rings is 3. The number of methoxy groups -OCH3 is 2. The maximum absolute atomic E-state index is 13.7. The quantitative estimate of drug-likeness (QED) is 0.385. The van der Waals surface area contributed by atoms with Crippen molar-refractivity contribution < 1.29 is 23.8 Å². The van der Waals surface area contributed by atoms with E-state index in [1.165, 1.54) is 5.56 Å². The van der Waals surface area contributed by atoms with Gasteiger partial charge in [0.2, 0.25) is 5.91 Å². The summed E-state index contributed by atoms with van der Waals surface area (Å²) in [5, 5.41) is 9.34. The number of nitrogens with zero attached hydrogens (tertiary/aromatic N) is 1. The van der Waals surface area contributed by atoms with Gasteiger partial charge in [0.1, 0.15) is 6.61 Å². The fourth-order valence-electron chi connectivity index (χ4n) is 5.12. The third kappa shape index (κ3) is 5.41. The molecule has 2 unspecified atom stereocenters. The Labute approximate surface area is 228 Å². The number of fused-ring (bicyclic) bond motifs is 4. The van der Waals surface area contributed by atoms with Crippen molar-refractivity contribution >= 4 is 28.9 Å². The van der Waals surface area contributed by atoms with E-state index in [9.17, 15) is 9.59 Å². The summed E-state index contributed by atoms with van der Waals surface area (Å²) in [4.78, 5) is 28.0. The molecule has 0 aliphatic carbocycles. The van der Waals surface area contributed by atoms with E-state index in [2.05, 4.69) is 22.0 Å². The first-order valence-corrected chi connectivity index (χ1v) is 13.0. The van der Waals surface area contributed by atoms with Crippen LogP contribution in [-0.4, -0.2) is 51.7 Å². The molecule has 2 amide bonds. The van der Waals surface area contributed by atoms with Gasteiger partial charge in [0.05, 0.1) is 37.1 Å². The molecule has 3 aromatic carbocycles. The number of hydrogen-bond donors (Lipinski definition) is 3. The molecule has 5 rings (SSSR count). The van der Waals surface area contributed by atoms with Gasteiger partial charge in [-0.05, 0) is 67.4 Å². The Kier molecular flexibility index (Phi) is 7.72. The van der Waals surface area contributed by atoms with E-state index in [0.717, 1.165) is 23.2 Å². The van der Waals surface area contributed by atoms with E-state index in [4.69, 9.17) is 14.2 Å². The molecule has 0 saturated heterocycles. The molecule has 0 aromatic heterocycles. The van der Waals surface area contributed by atoms with E-state index in [1.54, 1.807) is 34.3 Å². The number of likely N-dealkylation sites (N-methyl/N-ethyl adjacent to an activating group) is 1. The van der Waals surface area contributed by atoms with Gasteiger partial charge in [0.25, 0.3) is 5.91 Å². The predicted octanol–water partition coefficient (Wildman–Crippen LogP) is 3.96. The Bertz CT molecular complexity index is 1390. The minimum atomic E-state index is -0.334. The number of ether oxygens (including phenoxy) is 3. The lowest BCUT2D eigenvalue weighted by atomic mass is 10.1. The van der Waals surface area contributed by atoms with E-state index in [-0.39, 0.29) is 30.5 Å². The maximum Gasteiger partial charge on any atom is 0.260 e. The zero-order valence-corrected chi connectivity index (χ0v) is 22.7. The topological polar surface area (TPSA) is 101 Å². The van der Waals surface area contributed by atoms with E-state index in [0.29, 0.717) is 41.6 Å². The van der Waals surface area contributed by atoms with Crippen LogP contribution in [0.15, 0.2) is 54.6 Å². The summed E-state index contributed by atoms with van der Waals surface area (Å²) in [7, 11) is 4.93. The molecule has 204 valence electrons. The van der Waals surface area contributed by atoms with Gasteiger partial charge in [0.15, 0.2) is 11.5 Å². The highest BCUT2D eigenvalue weighted by molar-refractivity contribution is 6.12. The van der Waals surface area contributed by atoms with Crippen LogP contribution >= 0.6 is 0 Å². The summed E-state index contributed by atoms with van der Waals surface area (Å²) in [5.41, 5.74) is 5.83. The summed E-state index contributed by atoms with van der Waals surface area (Å²) in [6, 6.07) is 17.1. The van der Waals surface area contributed by atoms with Crippen molar-refractivity contribution in [1.29, 1.82) is 0 Å². The number of carbonyl (C=O) groups is 2. The van der Waals surface area contributed by atoms with Crippen LogP contribution in [0.1, 0.15) is 34.0 Å². The average Bonchev–Trinajstić information content (AvgIpc) is 3.26. The molecule has 0 fully saturated rings. The molecule has 2 aliphatic rings. The van der Waals surface area contributed by atoms with Crippen LogP contribution in [0.5, 0.6) is 11.5 Å². The number of rotatable bonds is 9. The molecule has 3 aromatic rings. The fraction of sp³-hybridized carbons (Fsp3) is 0.333.